The first-order valence-electron chi connectivity index (χ1n) is 5.36. The summed E-state index contributed by atoms with van der Waals surface area (Å²) in [6.45, 7) is 2.86. The Bertz CT molecular complexity index is 419. The van der Waals surface area contributed by atoms with Gasteiger partial charge < -0.3 is 10.6 Å². The molecule has 1 aromatic carbocycles. The molecule has 1 heterocycles. The molecule has 86 valence electrons. The van der Waals surface area contributed by atoms with Crippen LogP contribution in [0.5, 0.6) is 0 Å². The third-order valence-corrected chi connectivity index (χ3v) is 4.39. The first-order valence-corrected chi connectivity index (χ1v) is 6.24. The maximum atomic E-state index is 11.8. The van der Waals surface area contributed by atoms with E-state index in [4.69, 9.17) is 5.73 Å². The Morgan fingerprint density at radius 2 is 2.25 bits per heavy atom. The molecule has 4 heteroatoms. The van der Waals surface area contributed by atoms with Crippen molar-refractivity contribution in [2.24, 2.45) is 0 Å². The van der Waals surface area contributed by atoms with Gasteiger partial charge >= 0.3 is 0 Å². The molecule has 3 nitrogen and oxygen atoms in total. The molecule has 1 atom stereocenters. The molecule has 16 heavy (non-hydrogen) atoms. The van der Waals surface area contributed by atoms with Crippen LogP contribution in [0.4, 0.5) is 5.69 Å². The summed E-state index contributed by atoms with van der Waals surface area (Å²) in [4.78, 5) is 14.7. The van der Waals surface area contributed by atoms with Crippen molar-refractivity contribution in [3.8, 4) is 0 Å². The van der Waals surface area contributed by atoms with E-state index in [-0.39, 0.29) is 11.2 Å². The van der Waals surface area contributed by atoms with Gasteiger partial charge in [-0.2, -0.15) is 0 Å². The number of nitrogen functional groups attached to an aromatic ring is 1. The lowest BCUT2D eigenvalue weighted by atomic mass is 10.2. The number of carbonyl (C=O) groups excluding carboxylic acids is 1. The van der Waals surface area contributed by atoms with Crippen molar-refractivity contribution in [3.05, 3.63) is 23.8 Å². The second-order valence-corrected chi connectivity index (χ2v) is 5.37. The molecule has 1 aliphatic rings. The number of hydrogen-bond donors (Lipinski definition) is 1. The normalized spacial score (nSPS) is 20.5. The molecule has 2 rings (SSSR count). The molecule has 1 aromatic rings. The molecule has 1 unspecified atom stereocenters. The van der Waals surface area contributed by atoms with Gasteiger partial charge in [0.2, 0.25) is 5.91 Å². The molecule has 1 aliphatic heterocycles. The van der Waals surface area contributed by atoms with Crippen molar-refractivity contribution >= 4 is 23.4 Å². The molecule has 2 N–H and O–H groups in total. The van der Waals surface area contributed by atoms with E-state index in [1.807, 2.05) is 32.2 Å². The monoisotopic (exact) mass is 236 g/mol. The predicted octanol–water partition coefficient (Wildman–Crippen LogP) is 1.90. The molecule has 0 spiro atoms. The van der Waals surface area contributed by atoms with Gasteiger partial charge in [-0.05, 0) is 31.0 Å². The van der Waals surface area contributed by atoms with Crippen LogP contribution in [-0.4, -0.2) is 29.6 Å². The van der Waals surface area contributed by atoms with Crippen LogP contribution in [0.1, 0.15) is 12.0 Å². The number of rotatable bonds is 2. The van der Waals surface area contributed by atoms with Crippen LogP contribution in [0.3, 0.4) is 0 Å². The average molecular weight is 236 g/mol. The molecule has 0 radical (unpaired) electrons. The summed E-state index contributed by atoms with van der Waals surface area (Å²) in [7, 11) is 1.86. The number of nitrogens with zero attached hydrogens (tertiary/aromatic N) is 1. The van der Waals surface area contributed by atoms with Crippen LogP contribution in [0, 0.1) is 6.92 Å². The number of anilines is 1. The lowest BCUT2D eigenvalue weighted by Crippen LogP contribution is -2.23. The smallest absolute Gasteiger partial charge is 0.235 e. The van der Waals surface area contributed by atoms with E-state index in [2.05, 4.69) is 0 Å². The van der Waals surface area contributed by atoms with E-state index in [1.165, 1.54) is 0 Å². The third-order valence-electron chi connectivity index (χ3n) is 2.97. The number of amides is 1. The Hall–Kier alpha value is -1.16. The van der Waals surface area contributed by atoms with Gasteiger partial charge in [0.05, 0.1) is 5.25 Å². The lowest BCUT2D eigenvalue weighted by molar-refractivity contribution is -0.126. The number of nitrogens with two attached hydrogens (primary N) is 1. The Kier molecular flexibility index (Phi) is 3.10. The Morgan fingerprint density at radius 3 is 2.88 bits per heavy atom. The molecule has 0 aromatic heterocycles. The maximum absolute atomic E-state index is 11.8. The molecule has 1 saturated heterocycles. The lowest BCUT2D eigenvalue weighted by Gasteiger charge is -2.12. The van der Waals surface area contributed by atoms with Crippen molar-refractivity contribution in [1.82, 2.24) is 4.90 Å². The molecule has 0 saturated carbocycles. The largest absolute Gasteiger partial charge is 0.398 e. The Balaban J connectivity index is 2.16. The van der Waals surface area contributed by atoms with Crippen LogP contribution < -0.4 is 5.73 Å². The maximum Gasteiger partial charge on any atom is 0.235 e. The van der Waals surface area contributed by atoms with Crippen LogP contribution in [0.15, 0.2) is 23.1 Å². The zero-order valence-electron chi connectivity index (χ0n) is 9.56. The minimum Gasteiger partial charge on any atom is -0.398 e. The highest BCUT2D eigenvalue weighted by Crippen LogP contribution is 2.33. The fourth-order valence-corrected chi connectivity index (χ4v) is 3.07. The third kappa shape index (κ3) is 2.02. The SMILES string of the molecule is Cc1c(N)cccc1SC1CCN(C)C1=O. The fourth-order valence-electron chi connectivity index (χ4n) is 1.81. The van der Waals surface area contributed by atoms with E-state index in [9.17, 15) is 4.79 Å². The first-order chi connectivity index (χ1) is 7.59. The van der Waals surface area contributed by atoms with Crippen LogP contribution in [0.2, 0.25) is 0 Å². The van der Waals surface area contributed by atoms with E-state index in [0.717, 1.165) is 29.1 Å². The standard InChI is InChI=1S/C12H16N2OS/c1-8-9(13)4-3-5-10(8)16-11-6-7-14(2)12(11)15/h3-5,11H,6-7,13H2,1-2H3. The van der Waals surface area contributed by atoms with E-state index >= 15 is 0 Å². The Labute approximate surface area is 100.0 Å². The highest BCUT2D eigenvalue weighted by Gasteiger charge is 2.30. The molecule has 0 aliphatic carbocycles. The van der Waals surface area contributed by atoms with Gasteiger partial charge in [-0.1, -0.05) is 6.07 Å². The van der Waals surface area contributed by atoms with E-state index in [0.29, 0.717) is 0 Å². The predicted molar refractivity (Wildman–Crippen MR) is 67.5 cm³/mol. The van der Waals surface area contributed by atoms with Crippen molar-refractivity contribution in [1.29, 1.82) is 0 Å². The van der Waals surface area contributed by atoms with Gasteiger partial charge in [0.15, 0.2) is 0 Å². The summed E-state index contributed by atoms with van der Waals surface area (Å²) >= 11 is 1.63. The van der Waals surface area contributed by atoms with Gasteiger partial charge in [-0.15, -0.1) is 11.8 Å². The first kappa shape index (κ1) is 11.3. The van der Waals surface area contributed by atoms with Gasteiger partial charge in [0.25, 0.3) is 0 Å². The van der Waals surface area contributed by atoms with Crippen molar-refractivity contribution in [2.75, 3.05) is 19.3 Å². The minimum atomic E-state index is 0.0606. The van der Waals surface area contributed by atoms with Crippen molar-refractivity contribution in [2.45, 2.75) is 23.5 Å². The topological polar surface area (TPSA) is 46.3 Å². The van der Waals surface area contributed by atoms with Gasteiger partial charge in [0.1, 0.15) is 0 Å². The van der Waals surface area contributed by atoms with Crippen molar-refractivity contribution in [3.63, 3.8) is 0 Å². The number of thioether (sulfide) groups is 1. The van der Waals surface area contributed by atoms with Crippen LogP contribution >= 0.6 is 11.8 Å². The highest BCUT2D eigenvalue weighted by molar-refractivity contribution is 8.00. The zero-order chi connectivity index (χ0) is 11.7. The quantitative estimate of drug-likeness (QED) is 0.798. The van der Waals surface area contributed by atoms with Gasteiger partial charge in [-0.3, -0.25) is 4.79 Å². The summed E-state index contributed by atoms with van der Waals surface area (Å²) in [6, 6.07) is 5.86. The van der Waals surface area contributed by atoms with Crippen molar-refractivity contribution < 1.29 is 4.79 Å². The second-order valence-electron chi connectivity index (χ2n) is 4.13. The summed E-state index contributed by atoms with van der Waals surface area (Å²) in [5, 5.41) is 0.0606. The van der Waals surface area contributed by atoms with Crippen LogP contribution in [-0.2, 0) is 4.79 Å². The number of benzene rings is 1. The fraction of sp³-hybridized carbons (Fsp3) is 0.417. The molecular formula is C12H16N2OS. The number of likely N-dealkylation sites (tertiary alicyclic amines) is 1. The molecule has 1 fully saturated rings. The summed E-state index contributed by atoms with van der Waals surface area (Å²) in [6.07, 6.45) is 0.925. The number of hydrogen-bond acceptors (Lipinski definition) is 3. The minimum absolute atomic E-state index is 0.0606. The van der Waals surface area contributed by atoms with Gasteiger partial charge in [0, 0.05) is 24.2 Å². The van der Waals surface area contributed by atoms with E-state index < -0.39 is 0 Å². The molecule has 1 amide bonds. The second kappa shape index (κ2) is 4.37. The van der Waals surface area contributed by atoms with E-state index in [1.54, 1.807) is 16.7 Å². The summed E-state index contributed by atoms with van der Waals surface area (Å²) in [5.74, 6) is 0.229. The average Bonchev–Trinajstić information content (AvgIpc) is 2.57. The molecule has 0 bridgehead atoms. The highest BCUT2D eigenvalue weighted by atomic mass is 32.2. The number of carbonyl (C=O) groups is 1. The van der Waals surface area contributed by atoms with Crippen LogP contribution in [0.25, 0.3) is 0 Å². The molecular weight excluding hydrogens is 220 g/mol. The van der Waals surface area contributed by atoms with Gasteiger partial charge in [-0.25, -0.2) is 0 Å². The summed E-state index contributed by atoms with van der Waals surface area (Å²) < 4.78 is 0. The summed E-state index contributed by atoms with van der Waals surface area (Å²) in [5.41, 5.74) is 7.72. The Morgan fingerprint density at radius 1 is 1.50 bits per heavy atom. The zero-order valence-corrected chi connectivity index (χ0v) is 10.4.